The summed E-state index contributed by atoms with van der Waals surface area (Å²) in [6, 6.07) is 7.31. The average molecular weight is 322 g/mol. The maximum Gasteiger partial charge on any atom is 0.335 e. The first kappa shape index (κ1) is 13.5. The highest BCUT2D eigenvalue weighted by atomic mass is 79.9. The van der Waals surface area contributed by atoms with Crippen LogP contribution in [0.2, 0.25) is 0 Å². The summed E-state index contributed by atoms with van der Waals surface area (Å²) in [7, 11) is 0. The molecule has 1 aromatic carbocycles. The number of nitrogens with zero attached hydrogens (tertiary/aromatic N) is 2. The molecule has 0 amide bonds. The van der Waals surface area contributed by atoms with E-state index in [-0.39, 0.29) is 0 Å². The molecule has 0 saturated heterocycles. The Bertz CT molecular complexity index is 591. The van der Waals surface area contributed by atoms with E-state index in [1.165, 1.54) is 18.6 Å². The molecule has 0 fully saturated rings. The lowest BCUT2D eigenvalue weighted by Gasteiger charge is -2.27. The standard InChI is InChI=1S/C13H12BrN3O2/c1-13(12(18)19,11-8-15-6-7-16-11)17-10-5-3-2-4-9(10)14/h2-8,17H,1H3,(H,18,19). The first-order valence-electron chi connectivity index (χ1n) is 5.56. The van der Waals surface area contributed by atoms with Gasteiger partial charge in [-0.3, -0.25) is 9.97 Å². The highest BCUT2D eigenvalue weighted by Gasteiger charge is 2.37. The number of benzene rings is 1. The first-order valence-corrected chi connectivity index (χ1v) is 6.36. The lowest BCUT2D eigenvalue weighted by atomic mass is 9.98. The third-order valence-electron chi connectivity index (χ3n) is 2.76. The Morgan fingerprint density at radius 2 is 2.11 bits per heavy atom. The lowest BCUT2D eigenvalue weighted by Crippen LogP contribution is -2.41. The fourth-order valence-corrected chi connectivity index (χ4v) is 2.00. The highest BCUT2D eigenvalue weighted by molar-refractivity contribution is 9.10. The highest BCUT2D eigenvalue weighted by Crippen LogP contribution is 2.29. The van der Waals surface area contributed by atoms with Crippen LogP contribution in [0, 0.1) is 0 Å². The van der Waals surface area contributed by atoms with Gasteiger partial charge in [0.1, 0.15) is 0 Å². The Balaban J connectivity index is 2.42. The molecule has 0 aliphatic heterocycles. The number of anilines is 1. The summed E-state index contributed by atoms with van der Waals surface area (Å²) in [4.78, 5) is 19.6. The lowest BCUT2D eigenvalue weighted by molar-refractivity contribution is -0.142. The SMILES string of the molecule is CC(Nc1ccccc1Br)(C(=O)O)c1cnccn1. The molecule has 2 aromatic rings. The van der Waals surface area contributed by atoms with Gasteiger partial charge in [-0.1, -0.05) is 12.1 Å². The number of nitrogens with one attached hydrogen (secondary N) is 1. The molecule has 19 heavy (non-hydrogen) atoms. The molecule has 0 radical (unpaired) electrons. The van der Waals surface area contributed by atoms with Crippen LogP contribution < -0.4 is 5.32 Å². The van der Waals surface area contributed by atoms with Gasteiger partial charge in [-0.2, -0.15) is 0 Å². The summed E-state index contributed by atoms with van der Waals surface area (Å²) in [6.45, 7) is 1.55. The summed E-state index contributed by atoms with van der Waals surface area (Å²) >= 11 is 3.38. The van der Waals surface area contributed by atoms with Crippen LogP contribution in [0.4, 0.5) is 5.69 Å². The smallest absolute Gasteiger partial charge is 0.335 e. The second-order valence-electron chi connectivity index (χ2n) is 4.13. The average Bonchev–Trinajstić information content (AvgIpc) is 2.42. The minimum atomic E-state index is -1.35. The normalized spacial score (nSPS) is 13.6. The van der Waals surface area contributed by atoms with Crippen molar-refractivity contribution in [3.8, 4) is 0 Å². The van der Waals surface area contributed by atoms with Gasteiger partial charge >= 0.3 is 5.97 Å². The number of carboxylic acid groups (broad SMARTS) is 1. The molecule has 2 rings (SSSR count). The number of para-hydroxylation sites is 1. The van der Waals surface area contributed by atoms with Gasteiger partial charge in [-0.25, -0.2) is 4.79 Å². The van der Waals surface area contributed by atoms with Crippen LogP contribution in [0.1, 0.15) is 12.6 Å². The van der Waals surface area contributed by atoms with E-state index in [9.17, 15) is 9.90 Å². The zero-order valence-corrected chi connectivity index (χ0v) is 11.8. The number of halogens is 1. The third kappa shape index (κ3) is 2.73. The van der Waals surface area contributed by atoms with Gasteiger partial charge in [0.25, 0.3) is 0 Å². The van der Waals surface area contributed by atoms with Gasteiger partial charge in [0, 0.05) is 22.6 Å². The van der Waals surface area contributed by atoms with Crippen molar-refractivity contribution >= 4 is 27.6 Å². The molecule has 0 saturated carbocycles. The van der Waals surface area contributed by atoms with E-state index in [2.05, 4.69) is 31.2 Å². The number of carboxylic acids is 1. The molecule has 1 atom stereocenters. The van der Waals surface area contributed by atoms with Crippen molar-refractivity contribution in [3.05, 3.63) is 53.0 Å². The van der Waals surface area contributed by atoms with Crippen LogP contribution in [0.25, 0.3) is 0 Å². The van der Waals surface area contributed by atoms with E-state index in [4.69, 9.17) is 0 Å². The van der Waals surface area contributed by atoms with E-state index < -0.39 is 11.5 Å². The van der Waals surface area contributed by atoms with Crippen molar-refractivity contribution in [2.24, 2.45) is 0 Å². The van der Waals surface area contributed by atoms with Crippen molar-refractivity contribution in [3.63, 3.8) is 0 Å². The Labute approximate surface area is 118 Å². The van der Waals surface area contributed by atoms with E-state index in [0.29, 0.717) is 11.4 Å². The van der Waals surface area contributed by atoms with Crippen LogP contribution in [0.3, 0.4) is 0 Å². The summed E-state index contributed by atoms with van der Waals surface area (Å²) in [6.07, 6.45) is 4.42. The minimum Gasteiger partial charge on any atom is -0.479 e. The van der Waals surface area contributed by atoms with Gasteiger partial charge in [0.05, 0.1) is 11.9 Å². The number of hydrogen-bond donors (Lipinski definition) is 2. The summed E-state index contributed by atoms with van der Waals surface area (Å²) < 4.78 is 0.784. The minimum absolute atomic E-state index is 0.346. The molecule has 0 aliphatic carbocycles. The summed E-state index contributed by atoms with van der Waals surface area (Å²) in [5.74, 6) is -1.02. The molecule has 5 nitrogen and oxygen atoms in total. The topological polar surface area (TPSA) is 75.1 Å². The number of rotatable bonds is 4. The predicted molar refractivity (Wildman–Crippen MR) is 74.8 cm³/mol. The van der Waals surface area contributed by atoms with Gasteiger partial charge in [0.2, 0.25) is 0 Å². The van der Waals surface area contributed by atoms with Crippen LogP contribution in [-0.2, 0) is 10.3 Å². The third-order valence-corrected chi connectivity index (χ3v) is 3.45. The van der Waals surface area contributed by atoms with Crippen molar-refractivity contribution < 1.29 is 9.90 Å². The fraction of sp³-hybridized carbons (Fsp3) is 0.154. The molecule has 0 spiro atoms. The van der Waals surface area contributed by atoms with Gasteiger partial charge in [-0.15, -0.1) is 0 Å². The van der Waals surface area contributed by atoms with Crippen molar-refractivity contribution in [1.29, 1.82) is 0 Å². The molecular weight excluding hydrogens is 310 g/mol. The summed E-state index contributed by atoms with van der Waals surface area (Å²) in [5.41, 5.74) is -0.325. The molecule has 1 heterocycles. The van der Waals surface area contributed by atoms with E-state index in [0.717, 1.165) is 4.47 Å². The van der Waals surface area contributed by atoms with Gasteiger partial charge in [-0.05, 0) is 35.0 Å². The van der Waals surface area contributed by atoms with Crippen molar-refractivity contribution in [2.45, 2.75) is 12.5 Å². The van der Waals surface area contributed by atoms with Crippen LogP contribution in [0.5, 0.6) is 0 Å². The number of aromatic nitrogens is 2. The Hall–Kier alpha value is -1.95. The zero-order chi connectivity index (χ0) is 13.9. The van der Waals surface area contributed by atoms with Crippen LogP contribution in [0.15, 0.2) is 47.3 Å². The van der Waals surface area contributed by atoms with Crippen molar-refractivity contribution in [1.82, 2.24) is 9.97 Å². The first-order chi connectivity index (χ1) is 9.04. The maximum atomic E-state index is 11.6. The largest absolute Gasteiger partial charge is 0.479 e. The predicted octanol–water partition coefficient (Wildman–Crippen LogP) is 2.65. The Kier molecular flexibility index (Phi) is 3.80. The Morgan fingerprint density at radius 3 is 2.68 bits per heavy atom. The second-order valence-corrected chi connectivity index (χ2v) is 4.98. The molecule has 6 heteroatoms. The zero-order valence-electron chi connectivity index (χ0n) is 10.2. The quantitative estimate of drug-likeness (QED) is 0.905. The molecular formula is C13H12BrN3O2. The van der Waals surface area contributed by atoms with Gasteiger partial charge in [0.15, 0.2) is 5.54 Å². The monoisotopic (exact) mass is 321 g/mol. The van der Waals surface area contributed by atoms with E-state index >= 15 is 0 Å². The number of aliphatic carboxylic acids is 1. The van der Waals surface area contributed by atoms with Crippen LogP contribution >= 0.6 is 15.9 Å². The molecule has 0 aliphatic rings. The van der Waals surface area contributed by atoms with E-state index in [1.54, 1.807) is 13.0 Å². The van der Waals surface area contributed by atoms with Crippen molar-refractivity contribution in [2.75, 3.05) is 5.32 Å². The molecule has 2 N–H and O–H groups in total. The number of hydrogen-bond acceptors (Lipinski definition) is 4. The van der Waals surface area contributed by atoms with Gasteiger partial charge < -0.3 is 10.4 Å². The molecule has 1 aromatic heterocycles. The second kappa shape index (κ2) is 5.36. The van der Waals surface area contributed by atoms with Crippen LogP contribution in [-0.4, -0.2) is 21.0 Å². The number of carbonyl (C=O) groups is 1. The maximum absolute atomic E-state index is 11.6. The Morgan fingerprint density at radius 1 is 1.37 bits per heavy atom. The molecule has 0 bridgehead atoms. The fourth-order valence-electron chi connectivity index (χ4n) is 1.62. The van der Waals surface area contributed by atoms with E-state index in [1.807, 2.05) is 18.2 Å². The summed E-state index contributed by atoms with van der Waals surface area (Å²) in [5, 5.41) is 12.5. The molecule has 1 unspecified atom stereocenters. The molecule has 98 valence electrons.